The molecule has 3 nitrogen and oxygen atoms in total. The second-order valence-corrected chi connectivity index (χ2v) is 5.58. The number of nitrogens with one attached hydrogen (secondary N) is 1. The van der Waals surface area contributed by atoms with Crippen molar-refractivity contribution in [1.29, 1.82) is 0 Å². The zero-order valence-electron chi connectivity index (χ0n) is 11.1. The Morgan fingerprint density at radius 3 is 2.61 bits per heavy atom. The Labute approximate surface area is 112 Å². The molecule has 18 heavy (non-hydrogen) atoms. The summed E-state index contributed by atoms with van der Waals surface area (Å²) in [6.45, 7) is 8.41. The van der Waals surface area contributed by atoms with Crippen molar-refractivity contribution >= 4 is 11.3 Å². The lowest BCUT2D eigenvalue weighted by atomic mass is 10.1. The van der Waals surface area contributed by atoms with E-state index in [1.807, 2.05) is 24.5 Å². The fraction of sp³-hybridized carbons (Fsp3) is 0.429. The molecule has 0 atom stereocenters. The van der Waals surface area contributed by atoms with E-state index < -0.39 is 0 Å². The average Bonchev–Trinajstić information content (AvgIpc) is 2.81. The topological polar surface area (TPSA) is 37.8 Å². The lowest BCUT2D eigenvalue weighted by Crippen LogP contribution is -2.12. The third-order valence-corrected chi connectivity index (χ3v) is 3.86. The van der Waals surface area contributed by atoms with Gasteiger partial charge < -0.3 is 5.32 Å². The van der Waals surface area contributed by atoms with Crippen LogP contribution in [0.2, 0.25) is 0 Å². The van der Waals surface area contributed by atoms with Gasteiger partial charge >= 0.3 is 0 Å². The summed E-state index contributed by atoms with van der Waals surface area (Å²) in [4.78, 5) is 10.2. The molecule has 2 rings (SSSR count). The molecule has 0 saturated heterocycles. The molecule has 0 unspecified atom stereocenters. The van der Waals surface area contributed by atoms with Crippen molar-refractivity contribution in [3.63, 3.8) is 0 Å². The lowest BCUT2D eigenvalue weighted by molar-refractivity contribution is 0.714. The smallest absolute Gasteiger partial charge is 0.124 e. The summed E-state index contributed by atoms with van der Waals surface area (Å²) in [6.07, 6.45) is 3.63. The summed E-state index contributed by atoms with van der Waals surface area (Å²) in [5, 5.41) is 4.47. The Morgan fingerprint density at radius 2 is 2.00 bits per heavy atom. The number of hydrogen-bond donors (Lipinski definition) is 1. The van der Waals surface area contributed by atoms with Crippen LogP contribution in [0.4, 0.5) is 0 Å². The van der Waals surface area contributed by atoms with Gasteiger partial charge in [-0.2, -0.15) is 0 Å². The molecule has 0 aliphatic carbocycles. The molecule has 0 saturated carbocycles. The predicted octanol–water partition coefficient (Wildman–Crippen LogP) is 3.44. The van der Waals surface area contributed by atoms with E-state index >= 15 is 0 Å². The first-order valence-electron chi connectivity index (χ1n) is 6.33. The molecule has 0 amide bonds. The first kappa shape index (κ1) is 13.2. The summed E-state index contributed by atoms with van der Waals surface area (Å²) in [5.74, 6) is 0.463. The molecule has 2 aromatic heterocycles. The zero-order valence-corrected chi connectivity index (χ0v) is 11.9. The molecule has 1 N–H and O–H groups in total. The van der Waals surface area contributed by atoms with E-state index in [-0.39, 0.29) is 0 Å². The van der Waals surface area contributed by atoms with E-state index in [1.165, 1.54) is 10.6 Å². The first-order chi connectivity index (χ1) is 8.72. The number of pyridine rings is 1. The second kappa shape index (κ2) is 6.07. The van der Waals surface area contributed by atoms with Gasteiger partial charge in [0.25, 0.3) is 0 Å². The fourth-order valence-electron chi connectivity index (χ4n) is 1.80. The molecular formula is C14H19N3S. The van der Waals surface area contributed by atoms with Crippen LogP contribution in [0, 0.1) is 0 Å². The highest BCUT2D eigenvalue weighted by Gasteiger charge is 2.14. The van der Waals surface area contributed by atoms with Crippen LogP contribution < -0.4 is 5.32 Å². The van der Waals surface area contributed by atoms with Crippen LogP contribution in [0.1, 0.15) is 37.3 Å². The van der Waals surface area contributed by atoms with E-state index in [0.717, 1.165) is 23.7 Å². The van der Waals surface area contributed by atoms with Gasteiger partial charge in [-0.25, -0.2) is 4.98 Å². The molecule has 0 spiro atoms. The van der Waals surface area contributed by atoms with Gasteiger partial charge in [-0.05, 0) is 24.6 Å². The van der Waals surface area contributed by atoms with Crippen molar-refractivity contribution in [2.45, 2.75) is 33.2 Å². The number of hydrogen-bond acceptors (Lipinski definition) is 4. The Kier molecular flexibility index (Phi) is 4.44. The largest absolute Gasteiger partial charge is 0.312 e. The average molecular weight is 261 g/mol. The minimum Gasteiger partial charge on any atom is -0.312 e. The van der Waals surface area contributed by atoms with Gasteiger partial charge in [0.1, 0.15) is 5.01 Å². The third kappa shape index (κ3) is 2.94. The molecule has 0 fully saturated rings. The van der Waals surface area contributed by atoms with Gasteiger partial charge in [0.15, 0.2) is 0 Å². The normalized spacial score (nSPS) is 11.1. The molecule has 0 aliphatic rings. The fourth-order valence-corrected chi connectivity index (χ4v) is 2.99. The van der Waals surface area contributed by atoms with Crippen molar-refractivity contribution in [1.82, 2.24) is 15.3 Å². The molecule has 2 aromatic rings. The highest BCUT2D eigenvalue weighted by atomic mass is 32.1. The van der Waals surface area contributed by atoms with Crippen LogP contribution in [0.5, 0.6) is 0 Å². The summed E-state index contributed by atoms with van der Waals surface area (Å²) in [7, 11) is 0. The summed E-state index contributed by atoms with van der Waals surface area (Å²) < 4.78 is 0. The maximum Gasteiger partial charge on any atom is 0.124 e. The van der Waals surface area contributed by atoms with Gasteiger partial charge in [-0.1, -0.05) is 20.8 Å². The van der Waals surface area contributed by atoms with Gasteiger partial charge in [0, 0.05) is 29.4 Å². The lowest BCUT2D eigenvalue weighted by Gasteiger charge is -2.04. The minimum absolute atomic E-state index is 0.463. The number of thiazole rings is 1. The molecule has 0 bridgehead atoms. The number of nitrogens with zero attached hydrogens (tertiary/aromatic N) is 2. The summed E-state index contributed by atoms with van der Waals surface area (Å²) >= 11 is 1.78. The molecule has 2 heterocycles. The maximum atomic E-state index is 4.78. The van der Waals surface area contributed by atoms with E-state index in [2.05, 4.69) is 31.1 Å². The predicted molar refractivity (Wildman–Crippen MR) is 76.8 cm³/mol. The van der Waals surface area contributed by atoms with E-state index in [4.69, 9.17) is 4.98 Å². The van der Waals surface area contributed by atoms with E-state index in [9.17, 15) is 0 Å². The van der Waals surface area contributed by atoms with Crippen molar-refractivity contribution < 1.29 is 0 Å². The van der Waals surface area contributed by atoms with Crippen LogP contribution in [-0.4, -0.2) is 16.5 Å². The Bertz CT molecular complexity index is 491. The van der Waals surface area contributed by atoms with Crippen LogP contribution >= 0.6 is 11.3 Å². The minimum atomic E-state index is 0.463. The zero-order chi connectivity index (χ0) is 13.0. The monoisotopic (exact) mass is 261 g/mol. The van der Waals surface area contributed by atoms with Gasteiger partial charge in [0.05, 0.1) is 5.69 Å². The number of aromatic nitrogens is 2. The highest BCUT2D eigenvalue weighted by Crippen LogP contribution is 2.31. The summed E-state index contributed by atoms with van der Waals surface area (Å²) in [6, 6.07) is 4.03. The summed E-state index contributed by atoms with van der Waals surface area (Å²) in [5.41, 5.74) is 2.37. The van der Waals surface area contributed by atoms with Crippen LogP contribution in [0.15, 0.2) is 24.5 Å². The van der Waals surface area contributed by atoms with Crippen molar-refractivity contribution in [3.8, 4) is 10.6 Å². The van der Waals surface area contributed by atoms with E-state index in [0.29, 0.717) is 5.92 Å². The van der Waals surface area contributed by atoms with Gasteiger partial charge in [-0.3, -0.25) is 4.98 Å². The Balaban J connectivity index is 2.33. The third-order valence-electron chi connectivity index (χ3n) is 2.74. The number of rotatable bonds is 5. The molecule has 0 aromatic carbocycles. The maximum absolute atomic E-state index is 4.78. The standard InChI is InChI=1S/C14H19N3S/c1-4-15-9-12-13(10(2)3)17-14(18-12)11-5-7-16-8-6-11/h5-8,10,15H,4,9H2,1-3H3. The first-order valence-corrected chi connectivity index (χ1v) is 7.14. The highest BCUT2D eigenvalue weighted by molar-refractivity contribution is 7.15. The molecular weight excluding hydrogens is 242 g/mol. The Hall–Kier alpha value is -1.26. The molecule has 0 aliphatic heterocycles. The molecule has 4 heteroatoms. The van der Waals surface area contributed by atoms with Crippen LogP contribution in [-0.2, 0) is 6.54 Å². The van der Waals surface area contributed by atoms with E-state index in [1.54, 1.807) is 11.3 Å². The van der Waals surface area contributed by atoms with Crippen LogP contribution in [0.3, 0.4) is 0 Å². The van der Waals surface area contributed by atoms with Crippen LogP contribution in [0.25, 0.3) is 10.6 Å². The Morgan fingerprint density at radius 1 is 1.28 bits per heavy atom. The molecule has 96 valence electrons. The SMILES string of the molecule is CCNCc1sc(-c2ccncc2)nc1C(C)C. The van der Waals surface area contributed by atoms with Crippen molar-refractivity contribution in [3.05, 3.63) is 35.1 Å². The molecule has 0 radical (unpaired) electrons. The van der Waals surface area contributed by atoms with Gasteiger partial charge in [-0.15, -0.1) is 11.3 Å². The quantitative estimate of drug-likeness (QED) is 0.896. The van der Waals surface area contributed by atoms with Crippen molar-refractivity contribution in [2.24, 2.45) is 0 Å². The second-order valence-electron chi connectivity index (χ2n) is 4.50. The van der Waals surface area contributed by atoms with Gasteiger partial charge in [0.2, 0.25) is 0 Å². The van der Waals surface area contributed by atoms with Crippen molar-refractivity contribution in [2.75, 3.05) is 6.54 Å².